The fraction of sp³-hybridized carbons (Fsp3) is 0.160. The molecule has 6 nitrogen and oxygen atoms in total. The van der Waals surface area contributed by atoms with Crippen LogP contribution in [-0.2, 0) is 0 Å². The lowest BCUT2D eigenvalue weighted by atomic mass is 9.90. The van der Waals surface area contributed by atoms with Gasteiger partial charge >= 0.3 is 5.97 Å². The summed E-state index contributed by atoms with van der Waals surface area (Å²) in [4.78, 5) is 18.1. The SMILES string of the molecule is CN(C)c1ccc2c(-c3ccc(N=C=S)cc3C(=O)O)c3ccc(=[N+](C)C)cc-3oc2c1. The van der Waals surface area contributed by atoms with E-state index in [0.29, 0.717) is 22.6 Å². The van der Waals surface area contributed by atoms with Crippen LogP contribution in [0.5, 0.6) is 0 Å². The highest BCUT2D eigenvalue weighted by Crippen LogP contribution is 2.42. The second-order valence-corrected chi connectivity index (χ2v) is 8.05. The van der Waals surface area contributed by atoms with Crippen LogP contribution in [0.1, 0.15) is 10.4 Å². The Bertz CT molecular complexity index is 1460. The highest BCUT2D eigenvalue weighted by molar-refractivity contribution is 7.78. The summed E-state index contributed by atoms with van der Waals surface area (Å²) in [6.45, 7) is 0. The Balaban J connectivity index is 2.17. The summed E-state index contributed by atoms with van der Waals surface area (Å²) in [7, 11) is 7.85. The van der Waals surface area contributed by atoms with Crippen molar-refractivity contribution in [2.45, 2.75) is 0 Å². The minimum Gasteiger partial charge on any atom is -0.478 e. The van der Waals surface area contributed by atoms with Gasteiger partial charge in [0, 0.05) is 48.4 Å². The number of aliphatic imine (C=N–C) groups is 1. The Kier molecular flexibility index (Phi) is 5.61. The van der Waals surface area contributed by atoms with Gasteiger partial charge in [0.25, 0.3) is 0 Å². The number of rotatable bonds is 4. The Morgan fingerprint density at radius 1 is 1.06 bits per heavy atom. The number of carbonyl (C=O) groups is 1. The number of hydrogen-bond donors (Lipinski definition) is 1. The van der Waals surface area contributed by atoms with Crippen LogP contribution in [0.3, 0.4) is 0 Å². The topological polar surface area (TPSA) is 69.1 Å². The lowest BCUT2D eigenvalue weighted by molar-refractivity contribution is 0.0697. The van der Waals surface area contributed by atoms with Crippen LogP contribution >= 0.6 is 12.2 Å². The highest BCUT2D eigenvalue weighted by atomic mass is 32.1. The van der Waals surface area contributed by atoms with Gasteiger partial charge in [0.1, 0.15) is 25.4 Å². The third kappa shape index (κ3) is 3.80. The van der Waals surface area contributed by atoms with Crippen molar-refractivity contribution in [1.29, 1.82) is 0 Å². The largest absolute Gasteiger partial charge is 0.478 e. The van der Waals surface area contributed by atoms with Gasteiger partial charge in [-0.25, -0.2) is 9.37 Å². The molecular weight excluding hydrogens is 422 g/mol. The van der Waals surface area contributed by atoms with Crippen molar-refractivity contribution < 1.29 is 14.3 Å². The molecular formula is C25H22N3O3S+. The van der Waals surface area contributed by atoms with E-state index in [9.17, 15) is 9.90 Å². The molecule has 2 aromatic carbocycles. The third-order valence-electron chi connectivity index (χ3n) is 5.40. The smallest absolute Gasteiger partial charge is 0.336 e. The van der Waals surface area contributed by atoms with E-state index < -0.39 is 5.97 Å². The van der Waals surface area contributed by atoms with E-state index in [-0.39, 0.29) is 5.56 Å². The van der Waals surface area contributed by atoms with Crippen molar-refractivity contribution in [2.75, 3.05) is 33.1 Å². The zero-order valence-corrected chi connectivity index (χ0v) is 19.0. The minimum atomic E-state index is -1.04. The quantitative estimate of drug-likeness (QED) is 0.213. The summed E-state index contributed by atoms with van der Waals surface area (Å²) < 4.78 is 8.31. The van der Waals surface area contributed by atoms with Crippen LogP contribution < -0.4 is 14.8 Å². The van der Waals surface area contributed by atoms with Crippen molar-refractivity contribution in [3.63, 3.8) is 0 Å². The van der Waals surface area contributed by atoms with Crippen LogP contribution in [0.15, 0.2) is 64.0 Å². The first-order valence-corrected chi connectivity index (χ1v) is 10.3. The minimum absolute atomic E-state index is 0.138. The number of hydrogen-bond acceptors (Lipinski definition) is 5. The van der Waals surface area contributed by atoms with E-state index in [1.165, 1.54) is 6.07 Å². The van der Waals surface area contributed by atoms with Crippen LogP contribution in [0.4, 0.5) is 11.4 Å². The molecule has 32 heavy (non-hydrogen) atoms. The van der Waals surface area contributed by atoms with Gasteiger partial charge < -0.3 is 14.4 Å². The average molecular weight is 445 g/mol. The molecule has 2 aromatic rings. The van der Waals surface area contributed by atoms with Crippen molar-refractivity contribution in [2.24, 2.45) is 4.99 Å². The fourth-order valence-corrected chi connectivity index (χ4v) is 3.87. The van der Waals surface area contributed by atoms with Gasteiger partial charge in [0.2, 0.25) is 5.36 Å². The standard InChI is InChI=1S/C25H21N3O3S/c1-27(2)16-6-9-19-22(12-16)31-23-13-17(28(3)4)7-10-20(23)24(19)18-8-5-15(26-14-32)11-21(18)25(29)30/h5-13H,1-4H3/p+1. The van der Waals surface area contributed by atoms with Gasteiger partial charge in [-0.2, -0.15) is 4.99 Å². The molecule has 0 amide bonds. The summed E-state index contributed by atoms with van der Waals surface area (Å²) in [5.41, 5.74) is 4.45. The summed E-state index contributed by atoms with van der Waals surface area (Å²) in [6.07, 6.45) is 0. The van der Waals surface area contributed by atoms with E-state index >= 15 is 0 Å². The Morgan fingerprint density at radius 2 is 1.81 bits per heavy atom. The number of aromatic carboxylic acids is 1. The number of carboxylic acid groups (broad SMARTS) is 1. The second-order valence-electron chi connectivity index (χ2n) is 7.86. The van der Waals surface area contributed by atoms with E-state index in [1.54, 1.807) is 12.1 Å². The van der Waals surface area contributed by atoms with Crippen molar-refractivity contribution in [3.8, 4) is 22.5 Å². The molecule has 0 unspecified atom stereocenters. The molecule has 0 bridgehead atoms. The predicted octanol–water partition coefficient (Wildman–Crippen LogP) is 4.73. The normalized spacial score (nSPS) is 10.8. The molecule has 0 atom stereocenters. The molecule has 0 radical (unpaired) electrons. The molecule has 0 spiro atoms. The molecule has 1 N–H and O–H groups in total. The number of thiocarbonyl (C=S) groups is 1. The number of carboxylic acids is 1. The molecule has 4 rings (SSSR count). The Hall–Kier alpha value is -3.80. The number of fused-ring (bicyclic) bond motifs is 2. The number of nitrogens with zero attached hydrogens (tertiary/aromatic N) is 3. The van der Waals surface area contributed by atoms with Gasteiger partial charge in [0.05, 0.1) is 22.5 Å². The van der Waals surface area contributed by atoms with Crippen molar-refractivity contribution in [3.05, 3.63) is 65.5 Å². The second kappa shape index (κ2) is 8.38. The maximum atomic E-state index is 12.2. The first-order chi connectivity index (χ1) is 15.3. The van der Waals surface area contributed by atoms with Crippen molar-refractivity contribution in [1.82, 2.24) is 4.58 Å². The zero-order valence-electron chi connectivity index (χ0n) is 18.2. The molecule has 2 aliphatic rings. The van der Waals surface area contributed by atoms with E-state index in [4.69, 9.17) is 4.42 Å². The molecule has 160 valence electrons. The maximum absolute atomic E-state index is 12.2. The van der Waals surface area contributed by atoms with Crippen LogP contribution in [0.25, 0.3) is 33.4 Å². The lowest BCUT2D eigenvalue weighted by Crippen LogP contribution is -2.21. The third-order valence-corrected chi connectivity index (χ3v) is 5.49. The summed E-state index contributed by atoms with van der Waals surface area (Å²) >= 11 is 4.68. The fourth-order valence-electron chi connectivity index (χ4n) is 3.76. The molecule has 7 heteroatoms. The number of benzene rings is 3. The Labute approximate surface area is 190 Å². The van der Waals surface area contributed by atoms with Gasteiger partial charge in [-0.1, -0.05) is 6.07 Å². The molecule has 1 heterocycles. The van der Waals surface area contributed by atoms with E-state index in [0.717, 1.165) is 27.6 Å². The van der Waals surface area contributed by atoms with Crippen LogP contribution in [0.2, 0.25) is 0 Å². The first-order valence-electron chi connectivity index (χ1n) is 9.94. The lowest BCUT2D eigenvalue weighted by Gasteiger charge is -2.19. The van der Waals surface area contributed by atoms with Gasteiger partial charge in [-0.3, -0.25) is 0 Å². The predicted molar refractivity (Wildman–Crippen MR) is 131 cm³/mol. The first kappa shape index (κ1) is 21.4. The van der Waals surface area contributed by atoms with Gasteiger partial charge in [-0.15, -0.1) is 0 Å². The van der Waals surface area contributed by atoms with Crippen LogP contribution in [-0.4, -0.2) is 44.4 Å². The summed E-state index contributed by atoms with van der Waals surface area (Å²) in [6, 6.07) is 16.9. The van der Waals surface area contributed by atoms with Crippen molar-refractivity contribution >= 4 is 45.7 Å². The highest BCUT2D eigenvalue weighted by Gasteiger charge is 2.22. The monoisotopic (exact) mass is 444 g/mol. The molecule has 0 aromatic heterocycles. The molecule has 1 aliphatic carbocycles. The Morgan fingerprint density at radius 3 is 2.47 bits per heavy atom. The molecule has 0 saturated heterocycles. The summed E-state index contributed by atoms with van der Waals surface area (Å²) in [5, 5.41) is 14.1. The summed E-state index contributed by atoms with van der Waals surface area (Å²) in [5.74, 6) is -0.370. The zero-order chi connectivity index (χ0) is 23.0. The molecule has 0 fully saturated rings. The number of anilines is 1. The van der Waals surface area contributed by atoms with Crippen LogP contribution in [0, 0.1) is 0 Å². The van der Waals surface area contributed by atoms with Gasteiger partial charge in [0.15, 0.2) is 0 Å². The van der Waals surface area contributed by atoms with Gasteiger partial charge in [-0.05, 0) is 48.1 Å². The molecule has 1 aliphatic heterocycles. The average Bonchev–Trinajstić information content (AvgIpc) is 2.76. The van der Waals surface area contributed by atoms with E-state index in [2.05, 4.69) is 22.4 Å². The van der Waals surface area contributed by atoms with E-state index in [1.807, 2.05) is 74.1 Å². The number of isothiocyanates is 1. The molecule has 0 saturated carbocycles. The maximum Gasteiger partial charge on any atom is 0.336 e.